The van der Waals surface area contributed by atoms with Gasteiger partial charge in [-0.1, -0.05) is 219 Å². The number of benzene rings is 7. The van der Waals surface area contributed by atoms with Gasteiger partial charge in [0, 0.05) is 158 Å². The van der Waals surface area contributed by atoms with Gasteiger partial charge in [-0.15, -0.1) is 0 Å². The van der Waals surface area contributed by atoms with E-state index in [0.717, 1.165) is 76.8 Å². The molecule has 7 aromatic rings. The minimum Gasteiger partial charge on any atom is -0.497 e. The topological polar surface area (TPSA) is 229 Å². The Kier molecular flexibility index (Phi) is 26.2. The summed E-state index contributed by atoms with van der Waals surface area (Å²) in [6, 6.07) is 43.5. The van der Waals surface area contributed by atoms with Gasteiger partial charge in [-0.05, 0) is 312 Å². The molecule has 140 heavy (non-hydrogen) atoms. The summed E-state index contributed by atoms with van der Waals surface area (Å²) in [5.41, 5.74) is -12.7. The first-order chi connectivity index (χ1) is 87.0. The lowest BCUT2D eigenvalue weighted by molar-refractivity contribution is -0.0280. The quantitative estimate of drug-likeness (QED) is 0.0196. The largest absolute Gasteiger partial charge is 0.497 e. The molecule has 7 fully saturated rings. The van der Waals surface area contributed by atoms with E-state index in [1.165, 1.54) is 142 Å². The van der Waals surface area contributed by atoms with Crippen LogP contribution in [0.4, 0.5) is 0 Å². The predicted octanol–water partition coefficient (Wildman–Crippen LogP) is 21.2. The molecule has 7 saturated carbocycles. The molecule has 7 atom stereocenters. The first kappa shape index (κ1) is 62.5. The van der Waals surface area contributed by atoms with Crippen molar-refractivity contribution in [3.05, 3.63) is 209 Å². The third-order valence-corrected chi connectivity index (χ3v) is 25.8. The van der Waals surface area contributed by atoms with Gasteiger partial charge in [-0.3, -0.25) is 0 Å². The van der Waals surface area contributed by atoms with Gasteiger partial charge in [0.1, 0.15) is 40.2 Å². The number of methoxy groups -OCH3 is 7. The molecule has 0 aliphatic heterocycles. The van der Waals surface area contributed by atoms with Gasteiger partial charge in [0.25, 0.3) is 0 Å². The Balaban J connectivity index is 0.000000268. The zero-order valence-electron chi connectivity index (χ0n) is 136. The van der Waals surface area contributed by atoms with Crippen molar-refractivity contribution in [1.29, 1.82) is 0 Å². The normalized spacial score (nSPS) is 31.0. The van der Waals surface area contributed by atoms with Crippen LogP contribution >= 0.6 is 0 Å². The van der Waals surface area contributed by atoms with Crippen LogP contribution in [0.2, 0.25) is 0 Å². The van der Waals surface area contributed by atoms with E-state index in [-0.39, 0.29) is 65.9 Å². The molecule has 7 N–H and O–H groups in total. The molecule has 0 saturated heterocycles. The highest BCUT2D eigenvalue weighted by Gasteiger charge is 2.46. The maximum absolute atomic E-state index is 11.7. The van der Waals surface area contributed by atoms with Crippen LogP contribution in [0.15, 0.2) is 170 Å². The Bertz CT molecular complexity index is 6840. The number of hydrogen-bond acceptors (Lipinski definition) is 21. The van der Waals surface area contributed by atoms with Crippen LogP contribution in [0, 0.1) is 0 Å². The Morgan fingerprint density at radius 2 is 0.429 bits per heavy atom. The lowest BCUT2D eigenvalue weighted by Gasteiger charge is -2.40. The minimum absolute atomic E-state index is 0.0174. The molecule has 21 heteroatoms. The summed E-state index contributed by atoms with van der Waals surface area (Å²) in [5.74, 6) is -9.43. The standard InChI is InChI=1S/7C17H27NO2/c7*1-18(2)13-16(17(19)11-5-4-6-12-17)14-7-9-15(20-3)10-8-14/h7*7-10,16,19H,4-6,11-13H2,1-3H3/i1D3,4D2,5D2,6D2,11D2,12D2;4D2,5D2,6D2,11D2,12D2;1D3,2D3,13D2,16D;1D3,13D2,16D;1D3,2D3,16D;13D2,16D;1D3,16D. The molecule has 7 unspecified atom stereocenters. The van der Waals surface area contributed by atoms with Crippen molar-refractivity contribution in [2.75, 3.05) is 194 Å². The van der Waals surface area contributed by atoms with Gasteiger partial charge in [0.15, 0.2) is 0 Å². The molecule has 21 nitrogen and oxygen atoms in total. The van der Waals surface area contributed by atoms with E-state index >= 15 is 0 Å². The van der Waals surface area contributed by atoms with Crippen LogP contribution in [0.5, 0.6) is 40.2 Å². The number of ether oxygens (including phenoxy) is 7. The van der Waals surface area contributed by atoms with Crippen LogP contribution in [0.3, 0.4) is 0 Å². The van der Waals surface area contributed by atoms with Crippen molar-refractivity contribution >= 4 is 0 Å². The summed E-state index contributed by atoms with van der Waals surface area (Å²) in [7, 11) is 20.5. The fraction of sp³-hybridized carbons (Fsp3) is 0.647. The van der Waals surface area contributed by atoms with Gasteiger partial charge in [0.05, 0.1) is 89.0 Å². The molecule has 14 rings (SSSR count). The van der Waals surface area contributed by atoms with Crippen LogP contribution < -0.4 is 33.2 Å². The van der Waals surface area contributed by atoms with Gasteiger partial charge < -0.3 is 103 Å². The van der Waals surface area contributed by atoms with Gasteiger partial charge >= 0.3 is 0 Å². The van der Waals surface area contributed by atoms with E-state index in [2.05, 4.69) is 0 Å². The molecule has 7 aliphatic rings. The fourth-order valence-corrected chi connectivity index (χ4v) is 18.4. The molecular weight excluding hydrogens is 1750 g/mol. The van der Waals surface area contributed by atoms with Crippen LogP contribution in [0.1, 0.15) is 376 Å². The molecule has 0 aromatic heterocycles. The average molecular weight is 1990 g/mol. The first-order valence-electron chi connectivity index (χ1n) is 73.7. The Morgan fingerprint density at radius 3 is 0.650 bits per heavy atom. The third-order valence-electron chi connectivity index (χ3n) is 25.8. The number of hydrogen-bond donors (Lipinski definition) is 7. The molecule has 0 heterocycles. The zero-order chi connectivity index (χ0) is 148. The highest BCUT2D eigenvalue weighted by molar-refractivity contribution is 5.38. The summed E-state index contributed by atoms with van der Waals surface area (Å²) in [6.45, 7) is -29.9. The SMILES string of the molecule is [2H]C([2H])(N(C)C)C([2H])(c1ccc(OC)cc1)C1(O)CCCCC1.[2H]C([2H])([2H])N(C([2H])([2H])[2H])C([2H])([2H])C([2H])(c1ccc(OC)cc1)C1(O)CCCCC1.[2H]C([2H])([2H])N(C)C([2H])([2H])C([2H])(c1ccc(OC)cc1)C1(O)CCCCC1.[2H]C([2H])([2H])N(C)CC([2H])(c1ccc(OC)cc1)C1(O)CCCCC1.[2H]C([2H])([2H])N(C)CC(c1ccc(OC)cc1)C1(O)C([2H])([2H])C([2H])([2H])C([2H])([2H])C([2H])([2H])C1([2H])[2H].[2H]C([2H])([2H])N(CC([2H])(c1ccc(OC)cc1)C1(O)CCCCC1)C([2H])([2H])[2H].[2H]C1([2H])C([2H])([2H])C([2H])([2H])C(O)(C(CN(C)C)c2ccc(OC)cc2)C([2H])([2H])C1([2H])[2H]. The van der Waals surface area contributed by atoms with Crippen LogP contribution in [-0.4, -0.2) is 303 Å². The van der Waals surface area contributed by atoms with Crippen molar-refractivity contribution < 1.29 is 140 Å². The summed E-state index contributed by atoms with van der Waals surface area (Å²) in [6.07, 6.45) is -21.3. The van der Waals surface area contributed by atoms with Gasteiger partial charge in [-0.25, -0.2) is 0 Å². The Morgan fingerprint density at radius 1 is 0.236 bits per heavy atom. The molecule has 7 aliphatic carbocycles. The summed E-state index contributed by atoms with van der Waals surface area (Å²) < 4.78 is 458. The number of likely N-dealkylation sites (N-methyl/N-ethyl adjacent to an activating group) is 7. The Labute approximate surface area is 920 Å². The van der Waals surface area contributed by atoms with Crippen molar-refractivity contribution in [1.82, 2.24) is 34.3 Å². The van der Waals surface area contributed by atoms with E-state index in [9.17, 15) is 35.7 Å². The van der Waals surface area contributed by atoms with E-state index < -0.39 is 226 Å². The average Bonchev–Trinajstić information content (AvgIpc) is 0.654. The predicted molar refractivity (Wildman–Crippen MR) is 576 cm³/mol. The second-order valence-electron chi connectivity index (χ2n) is 36.8. The second kappa shape index (κ2) is 58.7. The van der Waals surface area contributed by atoms with E-state index in [1.54, 1.807) is 127 Å². The smallest absolute Gasteiger partial charge is 0.118 e. The van der Waals surface area contributed by atoms with Gasteiger partial charge in [0.2, 0.25) is 0 Å². The maximum atomic E-state index is 11.7. The number of aliphatic hydroxyl groups is 7. The van der Waals surface area contributed by atoms with E-state index in [1.807, 2.05) is 0 Å². The lowest BCUT2D eigenvalue weighted by atomic mass is 9.72. The monoisotopic (exact) mass is 1990 g/mol. The third kappa shape index (κ3) is 36.7. The fourth-order valence-electron chi connectivity index (χ4n) is 18.4. The number of nitrogens with zero attached hydrogens (tertiary/aromatic N) is 7. The minimum atomic E-state index is -3.72. The van der Waals surface area contributed by atoms with Crippen molar-refractivity contribution in [3.8, 4) is 40.2 Å². The maximum Gasteiger partial charge on any atom is 0.118 e. The summed E-state index contributed by atoms with van der Waals surface area (Å²) in [4.78, 5) is 5.52. The summed E-state index contributed by atoms with van der Waals surface area (Å²) >= 11 is 0. The molecule has 7 aromatic carbocycles. The highest BCUT2D eigenvalue weighted by Crippen LogP contribution is 2.49. The highest BCUT2D eigenvalue weighted by atomic mass is 16.5. The number of rotatable bonds is 35. The summed E-state index contributed by atoms with van der Waals surface area (Å²) in [5, 5.41) is 80.1. The van der Waals surface area contributed by atoms with E-state index in [4.69, 9.17) is 104 Å². The first-order valence-corrected chi connectivity index (χ1v) is 47.7. The van der Waals surface area contributed by atoms with Crippen LogP contribution in [-0.2, 0) is 0 Å². The molecule has 0 spiro atoms. The van der Waals surface area contributed by atoms with Crippen molar-refractivity contribution in [2.24, 2.45) is 0 Å². The molecule has 784 valence electrons. The Hall–Kier alpha value is -7.42. The van der Waals surface area contributed by atoms with Crippen LogP contribution in [0.25, 0.3) is 0 Å². The molecular formula is C119H189N7O14. The van der Waals surface area contributed by atoms with E-state index in [0.29, 0.717) is 144 Å². The van der Waals surface area contributed by atoms with Crippen molar-refractivity contribution in [3.63, 3.8) is 0 Å². The van der Waals surface area contributed by atoms with Gasteiger partial charge in [-0.2, -0.15) is 0 Å². The molecule has 0 bridgehead atoms. The molecule has 0 radical (unpaired) electrons. The molecule has 0 amide bonds. The van der Waals surface area contributed by atoms with Crippen molar-refractivity contribution in [2.45, 2.75) is 305 Å². The zero-order valence-corrected chi connectivity index (χ0v) is 83.9. The lowest BCUT2D eigenvalue weighted by Crippen LogP contribution is -2.42. The second-order valence-corrected chi connectivity index (χ2v) is 36.8.